The summed E-state index contributed by atoms with van der Waals surface area (Å²) in [4.78, 5) is 9.15. The van der Waals surface area contributed by atoms with Crippen LogP contribution < -0.4 is 10.6 Å². The van der Waals surface area contributed by atoms with Crippen molar-refractivity contribution in [3.8, 4) is 0 Å². The van der Waals surface area contributed by atoms with Crippen LogP contribution in [-0.2, 0) is 0 Å². The topological polar surface area (TPSA) is 45.4 Å². The molecule has 1 aromatic heterocycles. The van der Waals surface area contributed by atoms with Crippen LogP contribution in [0.1, 0.15) is 6.92 Å². The van der Waals surface area contributed by atoms with Crippen molar-refractivity contribution in [2.24, 2.45) is 5.92 Å². The van der Waals surface area contributed by atoms with Crippen LogP contribution in [0.5, 0.6) is 0 Å². The second-order valence-corrected chi connectivity index (χ2v) is 5.99. The van der Waals surface area contributed by atoms with E-state index < -0.39 is 0 Å². The van der Waals surface area contributed by atoms with E-state index in [1.165, 1.54) is 0 Å². The summed E-state index contributed by atoms with van der Waals surface area (Å²) in [6, 6.07) is 8.80. The van der Waals surface area contributed by atoms with Gasteiger partial charge in [0.1, 0.15) is 0 Å². The zero-order valence-corrected chi connectivity index (χ0v) is 12.4. The number of nitrogens with zero attached hydrogens (tertiary/aromatic N) is 3. The molecule has 2 aromatic rings. The minimum atomic E-state index is 0.571. The molecule has 0 saturated carbocycles. The third-order valence-corrected chi connectivity index (χ3v) is 4.33. The summed E-state index contributed by atoms with van der Waals surface area (Å²) >= 11 is 0. The fourth-order valence-corrected chi connectivity index (χ4v) is 3.30. The summed E-state index contributed by atoms with van der Waals surface area (Å²) in [5.74, 6) is 0.635. The lowest BCUT2D eigenvalue weighted by atomic mass is 10.1. The first-order chi connectivity index (χ1) is 9.58. The lowest BCUT2D eigenvalue weighted by molar-refractivity contribution is 0.266. The summed E-state index contributed by atoms with van der Waals surface area (Å²) < 4.78 is 0. The van der Waals surface area contributed by atoms with Gasteiger partial charge in [-0.2, -0.15) is 0 Å². The molecule has 20 heavy (non-hydrogen) atoms. The number of nitrogens with two attached hydrogens (primary N) is 1. The molecule has 0 spiro atoms. The predicted octanol–water partition coefficient (Wildman–Crippen LogP) is 2.20. The van der Waals surface area contributed by atoms with Crippen molar-refractivity contribution in [3.63, 3.8) is 0 Å². The fourth-order valence-electron chi connectivity index (χ4n) is 3.30. The number of pyridine rings is 1. The van der Waals surface area contributed by atoms with Gasteiger partial charge in [-0.1, -0.05) is 25.1 Å². The molecule has 1 fully saturated rings. The zero-order chi connectivity index (χ0) is 14.3. The normalized spacial score (nSPS) is 22.9. The average molecular weight is 270 g/mol. The largest absolute Gasteiger partial charge is 0.396 e. The number of rotatable bonds is 2. The number of hydrogen-bond donors (Lipinski definition) is 1. The van der Waals surface area contributed by atoms with E-state index in [9.17, 15) is 0 Å². The maximum Gasteiger partial charge on any atom is 0.0745 e. The smallest absolute Gasteiger partial charge is 0.0745 e. The Kier molecular flexibility index (Phi) is 3.26. The molecule has 2 N–H and O–H groups in total. The molecule has 2 unspecified atom stereocenters. The van der Waals surface area contributed by atoms with Crippen LogP contribution >= 0.6 is 0 Å². The van der Waals surface area contributed by atoms with Crippen molar-refractivity contribution in [3.05, 3.63) is 30.5 Å². The van der Waals surface area contributed by atoms with E-state index in [0.29, 0.717) is 12.0 Å². The van der Waals surface area contributed by atoms with Gasteiger partial charge in [0.25, 0.3) is 0 Å². The molecule has 4 heteroatoms. The highest BCUT2D eigenvalue weighted by molar-refractivity contribution is 5.97. The Bertz CT molecular complexity index is 623. The van der Waals surface area contributed by atoms with Gasteiger partial charge < -0.3 is 15.5 Å². The average Bonchev–Trinajstić information content (AvgIpc) is 2.80. The first-order valence-corrected chi connectivity index (χ1v) is 7.12. The van der Waals surface area contributed by atoms with E-state index in [4.69, 9.17) is 5.73 Å². The van der Waals surface area contributed by atoms with Crippen LogP contribution in [0.15, 0.2) is 30.5 Å². The van der Waals surface area contributed by atoms with Gasteiger partial charge in [-0.25, -0.2) is 0 Å². The SMILES string of the molecule is CC1CN(c2c(N)cnc3ccccc23)CC1N(C)C. The van der Waals surface area contributed by atoms with Crippen LogP contribution in [-0.4, -0.2) is 43.1 Å². The minimum absolute atomic E-state index is 0.571. The Morgan fingerprint density at radius 3 is 2.70 bits per heavy atom. The van der Waals surface area contributed by atoms with E-state index in [1.807, 2.05) is 12.1 Å². The molecule has 0 amide bonds. The zero-order valence-electron chi connectivity index (χ0n) is 12.4. The Morgan fingerprint density at radius 2 is 2.00 bits per heavy atom. The van der Waals surface area contributed by atoms with E-state index in [2.05, 4.69) is 47.9 Å². The van der Waals surface area contributed by atoms with Gasteiger partial charge in [0.05, 0.1) is 23.1 Å². The molecule has 1 aliphatic rings. The second-order valence-electron chi connectivity index (χ2n) is 5.99. The number of benzene rings is 1. The molecule has 1 aromatic carbocycles. The molecule has 0 aliphatic carbocycles. The Balaban J connectivity index is 2.05. The van der Waals surface area contributed by atoms with Crippen LogP contribution in [0.4, 0.5) is 11.4 Å². The number of aromatic nitrogens is 1. The third kappa shape index (κ3) is 2.10. The highest BCUT2D eigenvalue weighted by Gasteiger charge is 2.32. The van der Waals surface area contributed by atoms with Crippen LogP contribution in [0.2, 0.25) is 0 Å². The monoisotopic (exact) mass is 270 g/mol. The molecule has 3 rings (SSSR count). The lowest BCUT2D eigenvalue weighted by Gasteiger charge is -2.24. The van der Waals surface area contributed by atoms with Crippen molar-refractivity contribution in [2.45, 2.75) is 13.0 Å². The van der Waals surface area contributed by atoms with Gasteiger partial charge in [-0.15, -0.1) is 0 Å². The van der Waals surface area contributed by atoms with Crippen LogP contribution in [0.3, 0.4) is 0 Å². The van der Waals surface area contributed by atoms with Crippen molar-refractivity contribution in [1.82, 2.24) is 9.88 Å². The number of nitrogen functional groups attached to an aromatic ring is 1. The van der Waals surface area contributed by atoms with Crippen molar-refractivity contribution < 1.29 is 0 Å². The number of anilines is 2. The maximum atomic E-state index is 6.22. The Hall–Kier alpha value is -1.81. The fraction of sp³-hybridized carbons (Fsp3) is 0.438. The molecule has 2 atom stereocenters. The van der Waals surface area contributed by atoms with E-state index >= 15 is 0 Å². The summed E-state index contributed by atoms with van der Waals surface area (Å²) in [7, 11) is 4.30. The van der Waals surface area contributed by atoms with Gasteiger partial charge in [0.15, 0.2) is 0 Å². The van der Waals surface area contributed by atoms with Crippen molar-refractivity contribution in [2.75, 3.05) is 37.8 Å². The minimum Gasteiger partial charge on any atom is -0.396 e. The lowest BCUT2D eigenvalue weighted by Crippen LogP contribution is -2.34. The van der Waals surface area contributed by atoms with Gasteiger partial charge in [-0.05, 0) is 26.1 Å². The molecule has 1 aliphatic heterocycles. The second kappa shape index (κ2) is 4.94. The van der Waals surface area contributed by atoms with E-state index in [1.54, 1.807) is 6.20 Å². The highest BCUT2D eigenvalue weighted by atomic mass is 15.2. The number of para-hydroxylation sites is 1. The van der Waals surface area contributed by atoms with Gasteiger partial charge >= 0.3 is 0 Å². The number of hydrogen-bond acceptors (Lipinski definition) is 4. The molecular weight excluding hydrogens is 248 g/mol. The van der Waals surface area contributed by atoms with Gasteiger partial charge in [0, 0.05) is 24.5 Å². The summed E-state index contributed by atoms with van der Waals surface area (Å²) in [5, 5.41) is 1.15. The molecule has 4 nitrogen and oxygen atoms in total. The summed E-state index contributed by atoms with van der Waals surface area (Å²) in [6.07, 6.45) is 1.78. The van der Waals surface area contributed by atoms with E-state index in [0.717, 1.165) is 35.4 Å². The van der Waals surface area contributed by atoms with E-state index in [-0.39, 0.29) is 0 Å². The van der Waals surface area contributed by atoms with Gasteiger partial charge in [0.2, 0.25) is 0 Å². The van der Waals surface area contributed by atoms with Crippen LogP contribution in [0.25, 0.3) is 10.9 Å². The summed E-state index contributed by atoms with van der Waals surface area (Å²) in [6.45, 7) is 4.37. The summed E-state index contributed by atoms with van der Waals surface area (Å²) in [5.41, 5.74) is 9.15. The first-order valence-electron chi connectivity index (χ1n) is 7.12. The number of fused-ring (bicyclic) bond motifs is 1. The van der Waals surface area contributed by atoms with Crippen molar-refractivity contribution in [1.29, 1.82) is 0 Å². The Morgan fingerprint density at radius 1 is 1.25 bits per heavy atom. The predicted molar refractivity (Wildman–Crippen MR) is 85.0 cm³/mol. The first kappa shape index (κ1) is 13.2. The molecule has 2 heterocycles. The third-order valence-electron chi connectivity index (χ3n) is 4.33. The van der Waals surface area contributed by atoms with Crippen molar-refractivity contribution >= 4 is 22.3 Å². The molecule has 0 bridgehead atoms. The molecular formula is C16H22N4. The standard InChI is InChI=1S/C16H22N4/c1-11-9-20(10-15(11)19(2)3)16-12-6-4-5-7-14(12)18-8-13(16)17/h4-8,11,15H,9-10,17H2,1-3H3. The van der Waals surface area contributed by atoms with Crippen LogP contribution in [0, 0.1) is 5.92 Å². The highest BCUT2D eigenvalue weighted by Crippen LogP contribution is 2.35. The maximum absolute atomic E-state index is 6.22. The molecule has 106 valence electrons. The molecule has 0 radical (unpaired) electrons. The van der Waals surface area contributed by atoms with Gasteiger partial charge in [-0.3, -0.25) is 4.98 Å². The number of likely N-dealkylation sites (N-methyl/N-ethyl adjacent to an activating group) is 1. The molecule has 1 saturated heterocycles. The quantitative estimate of drug-likeness (QED) is 0.908. The Labute approximate surface area is 120 Å².